The smallest absolute Gasteiger partial charge is 0.269 e. The van der Waals surface area contributed by atoms with Crippen molar-refractivity contribution in [1.82, 2.24) is 4.90 Å². The van der Waals surface area contributed by atoms with E-state index in [0.29, 0.717) is 11.8 Å². The lowest BCUT2D eigenvalue weighted by atomic mass is 10.1. The van der Waals surface area contributed by atoms with E-state index in [2.05, 4.69) is 46.4 Å². The normalized spacial score (nSPS) is 12.3. The fourth-order valence-corrected chi connectivity index (χ4v) is 2.71. The summed E-state index contributed by atoms with van der Waals surface area (Å²) in [6.07, 6.45) is 0. The lowest BCUT2D eigenvalue weighted by Crippen LogP contribution is -2.39. The fraction of sp³-hybridized carbons (Fsp3) is 0.632. The topological polar surface area (TPSA) is 58.7 Å². The number of aryl methyl sites for hydroxylation is 1. The highest BCUT2D eigenvalue weighted by molar-refractivity contribution is 5.87. The highest BCUT2D eigenvalue weighted by Gasteiger charge is 2.18. The fourth-order valence-electron chi connectivity index (χ4n) is 2.71. The first kappa shape index (κ1) is 20.1. The van der Waals surface area contributed by atoms with Gasteiger partial charge >= 0.3 is 0 Å². The number of nitro groups is 1. The first-order chi connectivity index (χ1) is 11.1. The number of rotatable bonds is 7. The Hall–Kier alpha value is -1.91. The predicted octanol–water partition coefficient (Wildman–Crippen LogP) is 5.20. The van der Waals surface area contributed by atoms with Gasteiger partial charge in [0, 0.05) is 31.1 Å². The van der Waals surface area contributed by atoms with Crippen molar-refractivity contribution in [3.05, 3.63) is 33.9 Å². The Labute approximate surface area is 145 Å². The summed E-state index contributed by atoms with van der Waals surface area (Å²) in [6.45, 7) is 16.9. The van der Waals surface area contributed by atoms with Crippen LogP contribution >= 0.6 is 0 Å². The minimum absolute atomic E-state index is 0.110. The molecule has 0 aliphatic rings. The minimum atomic E-state index is -0.367. The molecule has 0 saturated heterocycles. The highest BCUT2D eigenvalue weighted by Crippen LogP contribution is 2.25. The molecule has 0 amide bonds. The average molecular weight is 333 g/mol. The molecular formula is C19H31N3O2. The molecule has 24 heavy (non-hydrogen) atoms. The quantitative estimate of drug-likeness (QED) is 0.298. The monoisotopic (exact) mass is 333 g/mol. The van der Waals surface area contributed by atoms with E-state index in [0.717, 1.165) is 30.2 Å². The summed E-state index contributed by atoms with van der Waals surface area (Å²) < 4.78 is 0. The SMILES string of the molecule is Cc1cc([N+](=O)[O-])ccc1N=C(C(C)C)N(CC(C)C)CC(C)C. The number of nitro benzene ring substituents is 1. The van der Waals surface area contributed by atoms with Crippen LogP contribution in [-0.2, 0) is 0 Å². The van der Waals surface area contributed by atoms with Gasteiger partial charge in [-0.25, -0.2) is 4.99 Å². The highest BCUT2D eigenvalue weighted by atomic mass is 16.6. The maximum absolute atomic E-state index is 10.9. The second-order valence-electron chi connectivity index (χ2n) is 7.55. The molecule has 0 aliphatic carbocycles. The molecule has 0 spiro atoms. The third kappa shape index (κ3) is 5.95. The zero-order valence-corrected chi connectivity index (χ0v) is 16.0. The van der Waals surface area contributed by atoms with Crippen molar-refractivity contribution < 1.29 is 4.92 Å². The molecule has 0 radical (unpaired) electrons. The number of aliphatic imine (C=N–C) groups is 1. The van der Waals surface area contributed by atoms with Crippen LogP contribution in [0.15, 0.2) is 23.2 Å². The zero-order chi connectivity index (χ0) is 18.4. The Morgan fingerprint density at radius 2 is 1.67 bits per heavy atom. The van der Waals surface area contributed by atoms with Crippen molar-refractivity contribution in [2.75, 3.05) is 13.1 Å². The number of hydrogen-bond donors (Lipinski definition) is 0. The minimum Gasteiger partial charge on any atom is -0.359 e. The molecule has 0 N–H and O–H groups in total. The van der Waals surface area contributed by atoms with Crippen LogP contribution in [0.25, 0.3) is 0 Å². The molecule has 5 nitrogen and oxygen atoms in total. The van der Waals surface area contributed by atoms with Crippen LogP contribution in [0.3, 0.4) is 0 Å². The lowest BCUT2D eigenvalue weighted by molar-refractivity contribution is -0.384. The van der Waals surface area contributed by atoms with Crippen LogP contribution in [0.5, 0.6) is 0 Å². The number of amidine groups is 1. The van der Waals surface area contributed by atoms with E-state index in [1.54, 1.807) is 12.1 Å². The largest absolute Gasteiger partial charge is 0.359 e. The number of benzene rings is 1. The van der Waals surface area contributed by atoms with Gasteiger partial charge in [-0.2, -0.15) is 0 Å². The number of non-ortho nitro benzene ring substituents is 1. The van der Waals surface area contributed by atoms with Gasteiger partial charge in [0.05, 0.1) is 10.6 Å². The lowest BCUT2D eigenvalue weighted by Gasteiger charge is -2.31. The van der Waals surface area contributed by atoms with Gasteiger partial charge in [-0.3, -0.25) is 10.1 Å². The molecule has 0 bridgehead atoms. The summed E-state index contributed by atoms with van der Waals surface area (Å²) in [4.78, 5) is 17.8. The van der Waals surface area contributed by atoms with Crippen LogP contribution in [-0.4, -0.2) is 28.7 Å². The van der Waals surface area contributed by atoms with Crippen LogP contribution in [0.1, 0.15) is 47.1 Å². The molecule has 1 aromatic carbocycles. The molecule has 0 fully saturated rings. The van der Waals surface area contributed by atoms with E-state index in [4.69, 9.17) is 4.99 Å². The Balaban J connectivity index is 3.25. The maximum Gasteiger partial charge on any atom is 0.269 e. The van der Waals surface area contributed by atoms with Crippen molar-refractivity contribution in [1.29, 1.82) is 0 Å². The van der Waals surface area contributed by atoms with Gasteiger partial charge in [-0.15, -0.1) is 0 Å². The van der Waals surface area contributed by atoms with Gasteiger partial charge in [0.2, 0.25) is 0 Å². The Morgan fingerprint density at radius 3 is 2.04 bits per heavy atom. The van der Waals surface area contributed by atoms with Crippen molar-refractivity contribution in [3.63, 3.8) is 0 Å². The Bertz CT molecular complexity index is 582. The van der Waals surface area contributed by atoms with Crippen molar-refractivity contribution in [2.24, 2.45) is 22.7 Å². The van der Waals surface area contributed by atoms with E-state index in [1.807, 2.05) is 6.92 Å². The van der Waals surface area contributed by atoms with Gasteiger partial charge in [0.1, 0.15) is 5.84 Å². The summed E-state index contributed by atoms with van der Waals surface area (Å²) in [5, 5.41) is 10.9. The summed E-state index contributed by atoms with van der Waals surface area (Å²) in [7, 11) is 0. The summed E-state index contributed by atoms with van der Waals surface area (Å²) in [6, 6.07) is 4.86. The number of hydrogen-bond acceptors (Lipinski definition) is 3. The first-order valence-corrected chi connectivity index (χ1v) is 8.70. The van der Waals surface area contributed by atoms with E-state index >= 15 is 0 Å². The predicted molar refractivity (Wildman–Crippen MR) is 101 cm³/mol. The van der Waals surface area contributed by atoms with E-state index < -0.39 is 0 Å². The third-order valence-electron chi connectivity index (χ3n) is 3.64. The van der Waals surface area contributed by atoms with Crippen LogP contribution in [0.2, 0.25) is 0 Å². The molecule has 0 heterocycles. The molecule has 0 saturated carbocycles. The van der Waals surface area contributed by atoms with E-state index in [1.165, 1.54) is 6.07 Å². The zero-order valence-electron chi connectivity index (χ0n) is 16.0. The van der Waals surface area contributed by atoms with Crippen molar-refractivity contribution >= 4 is 17.2 Å². The van der Waals surface area contributed by atoms with Crippen molar-refractivity contribution in [2.45, 2.75) is 48.5 Å². The molecule has 0 aliphatic heterocycles. The summed E-state index contributed by atoms with van der Waals surface area (Å²) >= 11 is 0. The molecule has 0 unspecified atom stereocenters. The second kappa shape index (κ2) is 8.81. The Morgan fingerprint density at radius 1 is 1.12 bits per heavy atom. The Kier molecular flexibility index (Phi) is 7.39. The van der Waals surface area contributed by atoms with E-state index in [-0.39, 0.29) is 16.5 Å². The van der Waals surface area contributed by atoms with Crippen LogP contribution in [0, 0.1) is 34.8 Å². The van der Waals surface area contributed by atoms with Gasteiger partial charge in [-0.1, -0.05) is 41.5 Å². The molecule has 0 aromatic heterocycles. The van der Waals surface area contributed by atoms with Crippen LogP contribution in [0.4, 0.5) is 11.4 Å². The molecular weight excluding hydrogens is 302 g/mol. The van der Waals surface area contributed by atoms with Crippen molar-refractivity contribution in [3.8, 4) is 0 Å². The average Bonchev–Trinajstić information content (AvgIpc) is 2.43. The molecule has 0 atom stereocenters. The number of nitrogens with zero attached hydrogens (tertiary/aromatic N) is 3. The third-order valence-corrected chi connectivity index (χ3v) is 3.64. The summed E-state index contributed by atoms with van der Waals surface area (Å²) in [5.41, 5.74) is 1.75. The van der Waals surface area contributed by atoms with Gasteiger partial charge in [-0.05, 0) is 30.4 Å². The van der Waals surface area contributed by atoms with Crippen LogP contribution < -0.4 is 0 Å². The van der Waals surface area contributed by atoms with Gasteiger partial charge in [0.25, 0.3) is 5.69 Å². The maximum atomic E-state index is 10.9. The summed E-state index contributed by atoms with van der Waals surface area (Å²) in [5.74, 6) is 2.43. The second-order valence-corrected chi connectivity index (χ2v) is 7.55. The van der Waals surface area contributed by atoms with Gasteiger partial charge < -0.3 is 4.90 Å². The molecule has 1 rings (SSSR count). The van der Waals surface area contributed by atoms with Gasteiger partial charge in [0.15, 0.2) is 0 Å². The first-order valence-electron chi connectivity index (χ1n) is 8.70. The molecule has 1 aromatic rings. The standard InChI is InChI=1S/C19H31N3O2/c1-13(2)11-21(12-14(3)4)19(15(5)6)20-18-9-8-17(22(23)24)10-16(18)7/h8-10,13-15H,11-12H2,1-7H3. The van der Waals surface area contributed by atoms with E-state index in [9.17, 15) is 10.1 Å². The molecule has 134 valence electrons. The molecule has 5 heteroatoms.